The molecule has 3 fully saturated rings. The van der Waals surface area contributed by atoms with Crippen LogP contribution in [0.1, 0.15) is 62.5 Å². The molecule has 2 N–H and O–H groups in total. The van der Waals surface area contributed by atoms with Crippen molar-refractivity contribution < 1.29 is 27.4 Å². The average molecular weight is 578 g/mol. The van der Waals surface area contributed by atoms with E-state index in [9.17, 15) is 27.4 Å². The third kappa shape index (κ3) is 6.12. The standard InChI is InChI=1S/C28H37F2N5O4S/c1-18-16-22(35-24(36)17-31-27(35)38)8-7-20(18)10-15-40(39)34-13-11-28(12-14-34)26(37)32-25(33-28)21-5-2-19(3-6-21)4-9-23(29)30/h7-8,16,19,21,23H,2-6,9-15,17H2,1H3,(H,31,38)(H,32,33,37). The molecule has 3 aliphatic heterocycles. The maximum absolute atomic E-state index is 13.1. The third-order valence-corrected chi connectivity index (χ3v) is 10.3. The Kier molecular flexibility index (Phi) is 8.65. The van der Waals surface area contributed by atoms with Gasteiger partial charge in [0.05, 0.1) is 23.2 Å². The number of imide groups is 1. The molecule has 1 atom stereocenters. The molecule has 1 aliphatic carbocycles. The molecule has 0 bridgehead atoms. The number of amides is 4. The van der Waals surface area contributed by atoms with Gasteiger partial charge in [0, 0.05) is 31.2 Å². The zero-order valence-electron chi connectivity index (χ0n) is 22.8. The number of carbonyl (C=O) groups excluding carboxylic acids is 3. The van der Waals surface area contributed by atoms with Gasteiger partial charge in [-0.05, 0) is 87.5 Å². The molecule has 9 nitrogen and oxygen atoms in total. The van der Waals surface area contributed by atoms with E-state index in [1.807, 2.05) is 17.3 Å². The molecule has 4 amide bonds. The number of hydrogen-bond donors (Lipinski definition) is 2. The molecular formula is C28H37F2N5O4S. The fourth-order valence-electron chi connectivity index (χ4n) is 6.33. The highest BCUT2D eigenvalue weighted by Gasteiger charge is 2.47. The number of aliphatic imine (C=N–C) groups is 1. The number of alkyl halides is 2. The van der Waals surface area contributed by atoms with Crippen LogP contribution in [0.4, 0.5) is 19.3 Å². The molecule has 1 spiro atoms. The number of amidine groups is 1. The van der Waals surface area contributed by atoms with Crippen LogP contribution >= 0.6 is 0 Å². The van der Waals surface area contributed by atoms with Crippen LogP contribution in [0.25, 0.3) is 0 Å². The van der Waals surface area contributed by atoms with Gasteiger partial charge in [-0.1, -0.05) is 6.07 Å². The van der Waals surface area contributed by atoms with Crippen molar-refractivity contribution in [2.24, 2.45) is 16.8 Å². The lowest BCUT2D eigenvalue weighted by atomic mass is 9.79. The lowest BCUT2D eigenvalue weighted by Crippen LogP contribution is -2.49. The maximum Gasteiger partial charge on any atom is 0.329 e. The molecule has 3 heterocycles. The van der Waals surface area contributed by atoms with E-state index in [2.05, 4.69) is 10.6 Å². The molecule has 1 unspecified atom stereocenters. The Morgan fingerprint density at radius 3 is 2.48 bits per heavy atom. The zero-order chi connectivity index (χ0) is 28.4. The van der Waals surface area contributed by atoms with Crippen molar-refractivity contribution in [1.29, 1.82) is 0 Å². The Balaban J connectivity index is 1.11. The van der Waals surface area contributed by atoms with E-state index in [-0.39, 0.29) is 30.7 Å². The second-order valence-electron chi connectivity index (χ2n) is 11.4. The Hall–Kier alpha value is -2.73. The number of halogens is 2. The predicted octanol–water partition coefficient (Wildman–Crippen LogP) is 3.47. The number of nitrogens with zero attached hydrogens (tertiary/aromatic N) is 3. The van der Waals surface area contributed by atoms with E-state index in [0.29, 0.717) is 56.1 Å². The largest absolute Gasteiger partial charge is 0.329 e. The van der Waals surface area contributed by atoms with Crippen LogP contribution in [0, 0.1) is 18.8 Å². The first-order chi connectivity index (χ1) is 19.1. The molecule has 0 radical (unpaired) electrons. The molecular weight excluding hydrogens is 540 g/mol. The predicted molar refractivity (Wildman–Crippen MR) is 149 cm³/mol. The summed E-state index contributed by atoms with van der Waals surface area (Å²) < 4.78 is 40.1. The van der Waals surface area contributed by atoms with Crippen molar-refractivity contribution in [3.63, 3.8) is 0 Å². The molecule has 40 heavy (non-hydrogen) atoms. The molecule has 1 saturated carbocycles. The van der Waals surface area contributed by atoms with Gasteiger partial charge < -0.3 is 10.6 Å². The smallest absolute Gasteiger partial charge is 0.328 e. The SMILES string of the molecule is Cc1cc(N2C(=O)CNC2=O)ccc1CCS(=O)N1CCC2(CC1)N=C(C1CCC(CCC(F)F)CC1)NC2=O. The summed E-state index contributed by atoms with van der Waals surface area (Å²) in [7, 11) is -1.21. The summed E-state index contributed by atoms with van der Waals surface area (Å²) in [5.74, 6) is 1.32. The lowest BCUT2D eigenvalue weighted by Gasteiger charge is -2.34. The minimum absolute atomic E-state index is 0.00339. The van der Waals surface area contributed by atoms with Crippen LogP contribution < -0.4 is 15.5 Å². The van der Waals surface area contributed by atoms with Crippen LogP contribution in [-0.2, 0) is 27.0 Å². The summed E-state index contributed by atoms with van der Waals surface area (Å²) in [5, 5.41) is 5.54. The number of aryl methyl sites for hydroxylation is 2. The van der Waals surface area contributed by atoms with Crippen LogP contribution in [0.3, 0.4) is 0 Å². The Labute approximate surface area is 235 Å². The van der Waals surface area contributed by atoms with E-state index in [4.69, 9.17) is 4.99 Å². The highest BCUT2D eigenvalue weighted by atomic mass is 32.2. The van der Waals surface area contributed by atoms with Gasteiger partial charge in [-0.3, -0.25) is 14.6 Å². The van der Waals surface area contributed by atoms with Crippen LogP contribution in [0.2, 0.25) is 0 Å². The fraction of sp³-hybridized carbons (Fsp3) is 0.643. The van der Waals surface area contributed by atoms with Crippen molar-refractivity contribution in [2.75, 3.05) is 30.3 Å². The number of hydrogen-bond acceptors (Lipinski definition) is 5. The minimum atomic E-state index is -2.24. The molecule has 218 valence electrons. The highest BCUT2D eigenvalue weighted by molar-refractivity contribution is 7.82. The Bertz CT molecular complexity index is 1190. The van der Waals surface area contributed by atoms with Gasteiger partial charge in [0.2, 0.25) is 6.43 Å². The average Bonchev–Trinajstić information content (AvgIpc) is 3.44. The molecule has 0 aromatic heterocycles. The van der Waals surface area contributed by atoms with Gasteiger partial charge >= 0.3 is 6.03 Å². The fourth-order valence-corrected chi connectivity index (χ4v) is 7.57. The molecule has 2 saturated heterocycles. The second-order valence-corrected chi connectivity index (χ2v) is 12.9. The molecule has 12 heteroatoms. The van der Waals surface area contributed by atoms with Crippen LogP contribution in [0.15, 0.2) is 23.2 Å². The summed E-state index contributed by atoms with van der Waals surface area (Å²) in [6, 6.07) is 4.99. The first-order valence-electron chi connectivity index (χ1n) is 14.2. The van der Waals surface area contributed by atoms with Crippen LogP contribution in [0.5, 0.6) is 0 Å². The number of urea groups is 1. The summed E-state index contributed by atoms with van der Waals surface area (Å²) in [4.78, 5) is 42.9. The summed E-state index contributed by atoms with van der Waals surface area (Å²) >= 11 is 0. The van der Waals surface area contributed by atoms with Crippen molar-refractivity contribution in [3.8, 4) is 0 Å². The number of piperidine rings is 1. The number of rotatable bonds is 9. The van der Waals surface area contributed by atoms with Gasteiger partial charge in [0.25, 0.3) is 11.8 Å². The van der Waals surface area contributed by atoms with E-state index in [1.165, 1.54) is 0 Å². The molecule has 1 aromatic carbocycles. The normalized spacial score (nSPS) is 25.9. The van der Waals surface area contributed by atoms with Gasteiger partial charge in [-0.15, -0.1) is 0 Å². The second kappa shape index (κ2) is 12.0. The number of benzene rings is 1. The molecule has 5 rings (SSSR count). The minimum Gasteiger partial charge on any atom is -0.328 e. The van der Waals surface area contributed by atoms with Gasteiger partial charge in [-0.2, -0.15) is 0 Å². The molecule has 1 aromatic rings. The number of carbonyl (C=O) groups is 3. The van der Waals surface area contributed by atoms with E-state index in [0.717, 1.165) is 47.5 Å². The van der Waals surface area contributed by atoms with Gasteiger partial charge in [0.15, 0.2) is 0 Å². The zero-order valence-corrected chi connectivity index (χ0v) is 23.6. The van der Waals surface area contributed by atoms with Crippen molar-refractivity contribution in [2.45, 2.75) is 76.7 Å². The lowest BCUT2D eigenvalue weighted by molar-refractivity contribution is -0.125. The Morgan fingerprint density at radius 2 is 1.85 bits per heavy atom. The first kappa shape index (κ1) is 28.8. The van der Waals surface area contributed by atoms with Gasteiger partial charge in [-0.25, -0.2) is 27.0 Å². The van der Waals surface area contributed by atoms with E-state index >= 15 is 0 Å². The van der Waals surface area contributed by atoms with Crippen molar-refractivity contribution in [1.82, 2.24) is 14.9 Å². The topological polar surface area (TPSA) is 111 Å². The van der Waals surface area contributed by atoms with E-state index in [1.54, 1.807) is 12.1 Å². The molecule has 4 aliphatic rings. The number of anilines is 1. The summed E-state index contributed by atoms with van der Waals surface area (Å²) in [5.41, 5.74) is 1.66. The summed E-state index contributed by atoms with van der Waals surface area (Å²) in [6.07, 6.45) is 3.38. The van der Waals surface area contributed by atoms with Crippen molar-refractivity contribution in [3.05, 3.63) is 29.3 Å². The number of nitrogens with one attached hydrogen (secondary N) is 2. The quantitative estimate of drug-likeness (QED) is 0.438. The summed E-state index contributed by atoms with van der Waals surface area (Å²) in [6.45, 7) is 2.94. The highest BCUT2D eigenvalue weighted by Crippen LogP contribution is 2.37. The van der Waals surface area contributed by atoms with Gasteiger partial charge in [0.1, 0.15) is 11.4 Å². The first-order valence-corrected chi connectivity index (χ1v) is 15.5. The van der Waals surface area contributed by atoms with Crippen molar-refractivity contribution >= 4 is 40.4 Å². The van der Waals surface area contributed by atoms with E-state index < -0.39 is 29.0 Å². The monoisotopic (exact) mass is 577 g/mol. The maximum atomic E-state index is 13.1. The Morgan fingerprint density at radius 1 is 1.12 bits per heavy atom. The van der Waals surface area contributed by atoms with Crippen LogP contribution in [-0.4, -0.2) is 69.5 Å². The third-order valence-electron chi connectivity index (χ3n) is 8.84.